The van der Waals surface area contributed by atoms with Crippen molar-refractivity contribution in [2.24, 2.45) is 0 Å². The van der Waals surface area contributed by atoms with Gasteiger partial charge in [0.25, 0.3) is 0 Å². The third-order valence-corrected chi connectivity index (χ3v) is 1.70. The summed E-state index contributed by atoms with van der Waals surface area (Å²) in [5.41, 5.74) is -11.3. The molecule has 0 radical (unpaired) electrons. The molecule has 0 unspecified atom stereocenters. The Morgan fingerprint density at radius 1 is 0.647 bits per heavy atom. The van der Waals surface area contributed by atoms with Crippen molar-refractivity contribution >= 4 is 20.2 Å². The maximum Gasteiger partial charge on any atom is 2.00 e. The van der Waals surface area contributed by atoms with E-state index in [2.05, 4.69) is 0 Å². The molecule has 17 heavy (non-hydrogen) atoms. The SMILES string of the molecule is O=S(=O)([O-])C(F)(F)F.O=S(=O)([O-])C(F)(F)F.[Hg+2]. The standard InChI is InChI=1S/2CHF3O3S.Hg/c2*2-1(3,4)8(5,6)7;/h2*(H,5,6,7);/q;;+2/p-2. The average molecular weight is 499 g/mol. The molecule has 6 nitrogen and oxygen atoms in total. The van der Waals surface area contributed by atoms with Crippen LogP contribution < -0.4 is 0 Å². The minimum atomic E-state index is -6.09. The molecule has 0 amide bonds. The van der Waals surface area contributed by atoms with Crippen LogP contribution in [-0.4, -0.2) is 37.0 Å². The second-order valence-corrected chi connectivity index (χ2v) is 4.54. The Labute approximate surface area is 111 Å². The molecule has 0 N–H and O–H groups in total. The van der Waals surface area contributed by atoms with Crippen LogP contribution >= 0.6 is 0 Å². The van der Waals surface area contributed by atoms with Gasteiger partial charge < -0.3 is 9.11 Å². The Kier molecular flexibility index (Phi) is 8.59. The third-order valence-electron chi connectivity index (χ3n) is 0.567. The molecule has 0 saturated heterocycles. The van der Waals surface area contributed by atoms with E-state index in [0.29, 0.717) is 0 Å². The summed E-state index contributed by atoms with van der Waals surface area (Å²) in [5.74, 6) is 0. The average Bonchev–Trinajstić information content (AvgIpc) is 1.77. The smallest absolute Gasteiger partial charge is 0.741 e. The largest absolute Gasteiger partial charge is 2.00 e. The van der Waals surface area contributed by atoms with Crippen LogP contribution in [0.3, 0.4) is 0 Å². The van der Waals surface area contributed by atoms with Crippen LogP contribution in [0.1, 0.15) is 0 Å². The number of hydrogen-bond acceptors (Lipinski definition) is 6. The van der Waals surface area contributed by atoms with Crippen molar-refractivity contribution in [3.8, 4) is 0 Å². The number of rotatable bonds is 0. The van der Waals surface area contributed by atoms with E-state index in [1.165, 1.54) is 0 Å². The topological polar surface area (TPSA) is 114 Å². The van der Waals surface area contributed by atoms with Crippen molar-refractivity contribution in [1.82, 2.24) is 0 Å². The van der Waals surface area contributed by atoms with Gasteiger partial charge in [-0.05, 0) is 0 Å². The fourth-order valence-corrected chi connectivity index (χ4v) is 0. The minimum Gasteiger partial charge on any atom is -0.741 e. The molecule has 0 aliphatic heterocycles. The summed E-state index contributed by atoms with van der Waals surface area (Å²) in [6, 6.07) is 0. The van der Waals surface area contributed by atoms with Gasteiger partial charge in [-0.2, -0.15) is 26.3 Å². The first-order valence-corrected chi connectivity index (χ1v) is 5.36. The van der Waals surface area contributed by atoms with E-state index in [1.807, 2.05) is 0 Å². The zero-order valence-electron chi connectivity index (χ0n) is 7.24. The van der Waals surface area contributed by atoms with E-state index in [9.17, 15) is 26.3 Å². The van der Waals surface area contributed by atoms with Crippen LogP contribution in [0.15, 0.2) is 0 Å². The molecule has 0 atom stereocenters. The van der Waals surface area contributed by atoms with E-state index in [0.717, 1.165) is 0 Å². The first-order valence-electron chi connectivity index (χ1n) is 2.54. The second-order valence-electron chi connectivity index (χ2n) is 1.80. The first-order chi connectivity index (χ1) is 6.50. The molecule has 0 aliphatic rings. The normalized spacial score (nSPS) is 13.2. The Morgan fingerprint density at radius 3 is 0.706 bits per heavy atom. The summed E-state index contributed by atoms with van der Waals surface area (Å²) in [7, 11) is -12.2. The summed E-state index contributed by atoms with van der Waals surface area (Å²) in [4.78, 5) is 0. The predicted molar refractivity (Wildman–Crippen MR) is 31.5 cm³/mol. The molecule has 0 bridgehead atoms. The molecule has 15 heteroatoms. The van der Waals surface area contributed by atoms with Gasteiger partial charge in [-0.25, -0.2) is 16.8 Å². The summed E-state index contributed by atoms with van der Waals surface area (Å²) >= 11 is 0. The maximum atomic E-state index is 10.7. The van der Waals surface area contributed by atoms with E-state index in [4.69, 9.17) is 25.9 Å². The van der Waals surface area contributed by atoms with Crippen molar-refractivity contribution in [2.45, 2.75) is 11.0 Å². The van der Waals surface area contributed by atoms with E-state index < -0.39 is 31.3 Å². The van der Waals surface area contributed by atoms with Gasteiger partial charge in [-0.3, -0.25) is 0 Å². The molecule has 0 rings (SSSR count). The zero-order chi connectivity index (χ0) is 14.0. The Morgan fingerprint density at radius 2 is 0.706 bits per heavy atom. The maximum absolute atomic E-state index is 10.7. The summed E-state index contributed by atoms with van der Waals surface area (Å²) < 4.78 is 118. The molecule has 0 aromatic heterocycles. The monoisotopic (exact) mass is 500 g/mol. The summed E-state index contributed by atoms with van der Waals surface area (Å²) in [5, 5.41) is 0. The van der Waals surface area contributed by atoms with Gasteiger partial charge in [0.1, 0.15) is 0 Å². The Balaban J connectivity index is -0.000000218. The van der Waals surface area contributed by atoms with Gasteiger partial charge in [0.2, 0.25) is 0 Å². The van der Waals surface area contributed by atoms with Gasteiger partial charge in [0.05, 0.1) is 0 Å². The van der Waals surface area contributed by atoms with Gasteiger partial charge >= 0.3 is 38.7 Å². The second kappa shape index (κ2) is 6.49. The molecule has 0 fully saturated rings. The molecule has 0 aromatic carbocycles. The van der Waals surface area contributed by atoms with Crippen LogP contribution in [-0.2, 0) is 47.9 Å². The van der Waals surface area contributed by atoms with Crippen molar-refractivity contribution in [3.63, 3.8) is 0 Å². The number of hydrogen-bond donors (Lipinski definition) is 0. The predicted octanol–water partition coefficient (Wildman–Crippen LogP) is 0.100. The van der Waals surface area contributed by atoms with Gasteiger partial charge in [-0.1, -0.05) is 0 Å². The first kappa shape index (κ1) is 22.5. The quantitative estimate of drug-likeness (QED) is 0.203. The molecule has 0 aromatic rings. The summed E-state index contributed by atoms with van der Waals surface area (Å²) in [6.07, 6.45) is 0. The fourth-order valence-electron chi connectivity index (χ4n) is 0. The Bertz CT molecular complexity index is 374. The number of halogens is 6. The van der Waals surface area contributed by atoms with E-state index in [-0.39, 0.29) is 27.7 Å². The van der Waals surface area contributed by atoms with Crippen molar-refractivity contribution in [2.75, 3.05) is 0 Å². The molecule has 100 valence electrons. The van der Waals surface area contributed by atoms with Gasteiger partial charge in [0.15, 0.2) is 20.2 Å². The van der Waals surface area contributed by atoms with Crippen LogP contribution in [0, 0.1) is 0 Å². The van der Waals surface area contributed by atoms with Crippen molar-refractivity contribution in [1.29, 1.82) is 0 Å². The molecular weight excluding hydrogens is 499 g/mol. The van der Waals surface area contributed by atoms with Crippen molar-refractivity contribution < 1.29 is 80.0 Å². The van der Waals surface area contributed by atoms with Crippen LogP contribution in [0.4, 0.5) is 26.3 Å². The number of alkyl halides is 6. The molecule has 0 saturated carbocycles. The molecular formula is C2F6HgO6S2. The molecule has 0 spiro atoms. The van der Waals surface area contributed by atoms with Crippen LogP contribution in [0.2, 0.25) is 0 Å². The molecule has 0 heterocycles. The van der Waals surface area contributed by atoms with Gasteiger partial charge in [0, 0.05) is 0 Å². The van der Waals surface area contributed by atoms with E-state index in [1.54, 1.807) is 0 Å². The Hall–Kier alpha value is 0.335. The van der Waals surface area contributed by atoms with Crippen LogP contribution in [0.5, 0.6) is 0 Å². The zero-order valence-corrected chi connectivity index (χ0v) is 14.4. The van der Waals surface area contributed by atoms with E-state index >= 15 is 0 Å². The van der Waals surface area contributed by atoms with Crippen LogP contribution in [0.25, 0.3) is 0 Å². The van der Waals surface area contributed by atoms with Gasteiger partial charge in [-0.15, -0.1) is 0 Å². The molecule has 0 aliphatic carbocycles. The van der Waals surface area contributed by atoms with Crippen molar-refractivity contribution in [3.05, 3.63) is 0 Å². The summed E-state index contributed by atoms with van der Waals surface area (Å²) in [6.45, 7) is 0. The fraction of sp³-hybridized carbons (Fsp3) is 1.00. The third kappa shape index (κ3) is 9.99. The minimum absolute atomic E-state index is 0.